The van der Waals surface area contributed by atoms with Crippen LogP contribution in [0, 0.1) is 0 Å². The topological polar surface area (TPSA) is 44.2 Å². The second kappa shape index (κ2) is 4.77. The minimum atomic E-state index is 0.210. The lowest BCUT2D eigenvalue weighted by Crippen LogP contribution is -2.45. The highest BCUT2D eigenvalue weighted by Gasteiger charge is 2.26. The summed E-state index contributed by atoms with van der Waals surface area (Å²) in [5, 5.41) is 3.38. The fourth-order valence-electron chi connectivity index (χ4n) is 2.43. The van der Waals surface area contributed by atoms with Crippen molar-refractivity contribution < 1.29 is 4.42 Å². The molecule has 4 nitrogen and oxygen atoms in total. The van der Waals surface area contributed by atoms with E-state index >= 15 is 0 Å². The number of aromatic amines is 1. The second-order valence-electron chi connectivity index (χ2n) is 4.33. The quantitative estimate of drug-likeness (QED) is 0.843. The van der Waals surface area contributed by atoms with Gasteiger partial charge in [-0.25, -0.2) is 0 Å². The molecular weight excluding hydrogens is 214 g/mol. The maximum absolute atomic E-state index is 5.59. The molecule has 2 aromatic heterocycles. The molecule has 0 aromatic carbocycles. The van der Waals surface area contributed by atoms with Gasteiger partial charge in [-0.15, -0.1) is 0 Å². The lowest BCUT2D eigenvalue weighted by atomic mass is 10.1. The Morgan fingerprint density at radius 1 is 1.18 bits per heavy atom. The van der Waals surface area contributed by atoms with E-state index in [9.17, 15) is 0 Å². The summed E-state index contributed by atoms with van der Waals surface area (Å²) in [7, 11) is 0. The maximum Gasteiger partial charge on any atom is 0.126 e. The van der Waals surface area contributed by atoms with Crippen molar-refractivity contribution in [3.63, 3.8) is 0 Å². The van der Waals surface area contributed by atoms with Crippen LogP contribution in [0.2, 0.25) is 0 Å². The Labute approximate surface area is 101 Å². The first-order chi connectivity index (χ1) is 8.45. The smallest absolute Gasteiger partial charge is 0.126 e. The number of H-pyrrole nitrogens is 1. The molecule has 2 aromatic rings. The molecule has 1 saturated heterocycles. The van der Waals surface area contributed by atoms with Gasteiger partial charge in [0.05, 0.1) is 6.26 Å². The molecule has 0 spiro atoms. The summed E-state index contributed by atoms with van der Waals surface area (Å²) in [6, 6.07) is 8.37. The van der Waals surface area contributed by atoms with Gasteiger partial charge in [0, 0.05) is 38.1 Å². The fourth-order valence-corrected chi connectivity index (χ4v) is 2.43. The Morgan fingerprint density at radius 2 is 2.06 bits per heavy atom. The Morgan fingerprint density at radius 3 is 2.71 bits per heavy atom. The van der Waals surface area contributed by atoms with Crippen LogP contribution in [0.1, 0.15) is 17.5 Å². The monoisotopic (exact) mass is 231 g/mol. The van der Waals surface area contributed by atoms with Crippen LogP contribution in [0.25, 0.3) is 0 Å². The van der Waals surface area contributed by atoms with Crippen molar-refractivity contribution in [1.29, 1.82) is 0 Å². The molecule has 0 aliphatic carbocycles. The van der Waals surface area contributed by atoms with E-state index in [4.69, 9.17) is 4.42 Å². The lowest BCUT2D eigenvalue weighted by Gasteiger charge is -2.33. The summed E-state index contributed by atoms with van der Waals surface area (Å²) in [6.07, 6.45) is 3.71. The number of nitrogens with zero attached hydrogens (tertiary/aromatic N) is 1. The van der Waals surface area contributed by atoms with Gasteiger partial charge in [0.1, 0.15) is 11.8 Å². The van der Waals surface area contributed by atoms with E-state index in [0.29, 0.717) is 0 Å². The third-order valence-electron chi connectivity index (χ3n) is 3.25. The molecule has 90 valence electrons. The van der Waals surface area contributed by atoms with E-state index < -0.39 is 0 Å². The number of nitrogens with one attached hydrogen (secondary N) is 2. The first-order valence-corrected chi connectivity index (χ1v) is 6.06. The number of aromatic nitrogens is 1. The standard InChI is InChI=1S/C13H17N3O/c1-3-11(15-5-1)13(12-4-2-10-17-12)16-8-6-14-7-9-16/h1-5,10,13-15H,6-9H2. The predicted octanol–water partition coefficient (Wildman–Crippen LogP) is 1.60. The van der Waals surface area contributed by atoms with Crippen molar-refractivity contribution in [2.75, 3.05) is 26.2 Å². The molecule has 1 fully saturated rings. The van der Waals surface area contributed by atoms with Crippen LogP contribution in [-0.2, 0) is 0 Å². The first-order valence-electron chi connectivity index (χ1n) is 6.06. The van der Waals surface area contributed by atoms with Crippen LogP contribution < -0.4 is 5.32 Å². The first kappa shape index (κ1) is 10.6. The third-order valence-corrected chi connectivity index (χ3v) is 3.25. The molecule has 3 heterocycles. The number of furan rings is 1. The predicted molar refractivity (Wildman–Crippen MR) is 65.8 cm³/mol. The molecule has 0 amide bonds. The third kappa shape index (κ3) is 2.14. The normalized spacial score (nSPS) is 19.3. The molecule has 1 aliphatic heterocycles. The number of hydrogen-bond acceptors (Lipinski definition) is 3. The van der Waals surface area contributed by atoms with Crippen LogP contribution in [0.4, 0.5) is 0 Å². The minimum Gasteiger partial charge on any atom is -0.467 e. The molecule has 1 atom stereocenters. The molecule has 2 N–H and O–H groups in total. The highest BCUT2D eigenvalue weighted by atomic mass is 16.3. The number of rotatable bonds is 3. The van der Waals surface area contributed by atoms with E-state index in [2.05, 4.69) is 21.3 Å². The van der Waals surface area contributed by atoms with Crippen molar-refractivity contribution in [2.24, 2.45) is 0 Å². The zero-order valence-corrected chi connectivity index (χ0v) is 9.73. The van der Waals surface area contributed by atoms with Crippen molar-refractivity contribution in [3.8, 4) is 0 Å². The van der Waals surface area contributed by atoms with Gasteiger partial charge in [-0.05, 0) is 24.3 Å². The Balaban J connectivity index is 1.91. The molecule has 0 saturated carbocycles. The van der Waals surface area contributed by atoms with Crippen LogP contribution in [0.15, 0.2) is 41.1 Å². The van der Waals surface area contributed by atoms with Gasteiger partial charge in [0.25, 0.3) is 0 Å². The van der Waals surface area contributed by atoms with Crippen molar-refractivity contribution in [3.05, 3.63) is 48.2 Å². The van der Waals surface area contributed by atoms with Crippen LogP contribution in [-0.4, -0.2) is 36.1 Å². The van der Waals surface area contributed by atoms with Gasteiger partial charge in [0.15, 0.2) is 0 Å². The van der Waals surface area contributed by atoms with E-state index in [1.807, 2.05) is 24.4 Å². The van der Waals surface area contributed by atoms with Gasteiger partial charge in [-0.1, -0.05) is 0 Å². The zero-order chi connectivity index (χ0) is 11.5. The van der Waals surface area contributed by atoms with Gasteiger partial charge >= 0.3 is 0 Å². The number of hydrogen-bond donors (Lipinski definition) is 2. The van der Waals surface area contributed by atoms with Gasteiger partial charge in [-0.3, -0.25) is 4.90 Å². The van der Waals surface area contributed by atoms with Crippen LogP contribution >= 0.6 is 0 Å². The summed E-state index contributed by atoms with van der Waals surface area (Å²) in [5.74, 6) is 1.01. The van der Waals surface area contributed by atoms with Crippen molar-refractivity contribution in [1.82, 2.24) is 15.2 Å². The zero-order valence-electron chi connectivity index (χ0n) is 9.73. The van der Waals surface area contributed by atoms with E-state index in [0.717, 1.165) is 31.9 Å². The molecule has 0 bridgehead atoms. The SMILES string of the molecule is c1c[nH]c(C(c2ccco2)N2CCNCC2)c1. The van der Waals surface area contributed by atoms with Gasteiger partial charge < -0.3 is 14.7 Å². The van der Waals surface area contributed by atoms with Crippen LogP contribution in [0.5, 0.6) is 0 Å². The van der Waals surface area contributed by atoms with Crippen molar-refractivity contribution in [2.45, 2.75) is 6.04 Å². The molecule has 1 aliphatic rings. The van der Waals surface area contributed by atoms with Crippen molar-refractivity contribution >= 4 is 0 Å². The Bertz CT molecular complexity index is 395. The highest BCUT2D eigenvalue weighted by Crippen LogP contribution is 2.27. The summed E-state index contributed by atoms with van der Waals surface area (Å²) in [4.78, 5) is 5.75. The largest absolute Gasteiger partial charge is 0.467 e. The maximum atomic E-state index is 5.59. The second-order valence-corrected chi connectivity index (χ2v) is 4.33. The van der Waals surface area contributed by atoms with E-state index in [1.165, 1.54) is 5.69 Å². The van der Waals surface area contributed by atoms with E-state index in [-0.39, 0.29) is 6.04 Å². The molecule has 3 rings (SSSR count). The fraction of sp³-hybridized carbons (Fsp3) is 0.385. The average Bonchev–Trinajstić information content (AvgIpc) is 3.04. The van der Waals surface area contributed by atoms with E-state index in [1.54, 1.807) is 6.26 Å². The molecule has 0 radical (unpaired) electrons. The molecule has 4 heteroatoms. The van der Waals surface area contributed by atoms with Gasteiger partial charge in [0.2, 0.25) is 0 Å². The van der Waals surface area contributed by atoms with Gasteiger partial charge in [-0.2, -0.15) is 0 Å². The molecule has 1 unspecified atom stereocenters. The Kier molecular flexibility index (Phi) is 2.98. The minimum absolute atomic E-state index is 0.210. The Hall–Kier alpha value is -1.52. The molecule has 17 heavy (non-hydrogen) atoms. The van der Waals surface area contributed by atoms with Crippen LogP contribution in [0.3, 0.4) is 0 Å². The average molecular weight is 231 g/mol. The lowest BCUT2D eigenvalue weighted by molar-refractivity contribution is 0.177. The summed E-state index contributed by atoms with van der Waals surface area (Å²) < 4.78 is 5.59. The summed E-state index contributed by atoms with van der Waals surface area (Å²) >= 11 is 0. The molecular formula is C13H17N3O. The summed E-state index contributed by atoms with van der Waals surface area (Å²) in [5.41, 5.74) is 1.20. The number of piperazine rings is 1. The summed E-state index contributed by atoms with van der Waals surface area (Å²) in [6.45, 7) is 4.17. The highest BCUT2D eigenvalue weighted by molar-refractivity contribution is 5.21.